The molecule has 7 heteroatoms. The summed E-state index contributed by atoms with van der Waals surface area (Å²) in [5.74, 6) is -1.77. The van der Waals surface area contributed by atoms with E-state index in [1.807, 2.05) is 13.8 Å². The van der Waals surface area contributed by atoms with Gasteiger partial charge in [0.2, 0.25) is 0 Å². The molecule has 2 aromatic carbocycles. The number of amides is 1. The molecule has 3 aromatic rings. The number of nitrogens with zero attached hydrogens (tertiary/aromatic N) is 2. The van der Waals surface area contributed by atoms with Crippen molar-refractivity contribution in [3.8, 4) is 5.75 Å². The summed E-state index contributed by atoms with van der Waals surface area (Å²) in [4.78, 5) is 31.3. The van der Waals surface area contributed by atoms with Gasteiger partial charge in [-0.3, -0.25) is 19.5 Å². The zero-order valence-corrected chi connectivity index (χ0v) is 17.5. The summed E-state index contributed by atoms with van der Waals surface area (Å²) < 4.78 is 19.1. The molecule has 162 valence electrons. The number of ketones is 1. The van der Waals surface area contributed by atoms with Crippen molar-refractivity contribution < 1.29 is 23.8 Å². The topological polar surface area (TPSA) is 79.7 Å². The van der Waals surface area contributed by atoms with Crippen LogP contribution in [0, 0.1) is 5.82 Å². The van der Waals surface area contributed by atoms with Gasteiger partial charge in [-0.05, 0) is 80.1 Å². The number of anilines is 1. The average Bonchev–Trinajstić information content (AvgIpc) is 3.05. The number of rotatable bonds is 5. The number of Topliss-reactive ketones (excluding diaryl/α,β-unsaturated/α-hetero) is 1. The van der Waals surface area contributed by atoms with E-state index in [2.05, 4.69) is 4.98 Å². The predicted octanol–water partition coefficient (Wildman–Crippen LogP) is 4.63. The second-order valence-corrected chi connectivity index (χ2v) is 7.62. The average molecular weight is 432 g/mol. The van der Waals surface area contributed by atoms with Gasteiger partial charge in [0.25, 0.3) is 11.7 Å². The van der Waals surface area contributed by atoms with E-state index < -0.39 is 23.5 Å². The van der Waals surface area contributed by atoms with E-state index in [9.17, 15) is 19.1 Å². The van der Waals surface area contributed by atoms with Crippen molar-refractivity contribution in [2.24, 2.45) is 0 Å². The van der Waals surface area contributed by atoms with Crippen LogP contribution in [0.3, 0.4) is 0 Å². The Kier molecular flexibility index (Phi) is 5.73. The molecule has 0 aliphatic carbocycles. The number of aliphatic hydroxyl groups excluding tert-OH is 1. The predicted molar refractivity (Wildman–Crippen MR) is 118 cm³/mol. The highest BCUT2D eigenvalue weighted by atomic mass is 19.1. The van der Waals surface area contributed by atoms with Gasteiger partial charge in [-0.2, -0.15) is 0 Å². The van der Waals surface area contributed by atoms with E-state index >= 15 is 0 Å². The van der Waals surface area contributed by atoms with Gasteiger partial charge < -0.3 is 9.84 Å². The lowest BCUT2D eigenvalue weighted by atomic mass is 9.95. The molecule has 1 aliphatic heterocycles. The van der Waals surface area contributed by atoms with Crippen LogP contribution in [-0.2, 0) is 9.59 Å². The summed E-state index contributed by atoms with van der Waals surface area (Å²) in [6, 6.07) is 14.3. The Bertz CT molecular complexity index is 1170. The summed E-state index contributed by atoms with van der Waals surface area (Å²) in [7, 11) is 0. The first-order chi connectivity index (χ1) is 15.4. The van der Waals surface area contributed by atoms with E-state index in [0.717, 1.165) is 0 Å². The van der Waals surface area contributed by atoms with Crippen molar-refractivity contribution in [2.75, 3.05) is 4.90 Å². The van der Waals surface area contributed by atoms with E-state index in [1.54, 1.807) is 36.4 Å². The van der Waals surface area contributed by atoms with Gasteiger partial charge in [0.05, 0.1) is 17.7 Å². The molecule has 0 radical (unpaired) electrons. The van der Waals surface area contributed by atoms with Gasteiger partial charge in [-0.1, -0.05) is 0 Å². The van der Waals surface area contributed by atoms with Crippen LogP contribution in [0.15, 0.2) is 78.6 Å². The maximum Gasteiger partial charge on any atom is 0.300 e. The Morgan fingerprint density at radius 2 is 1.62 bits per heavy atom. The van der Waals surface area contributed by atoms with Gasteiger partial charge in [0.15, 0.2) is 0 Å². The van der Waals surface area contributed by atoms with Crippen molar-refractivity contribution in [2.45, 2.75) is 26.0 Å². The third kappa shape index (κ3) is 3.97. The Morgan fingerprint density at radius 1 is 1.00 bits per heavy atom. The van der Waals surface area contributed by atoms with Crippen molar-refractivity contribution in [1.82, 2.24) is 4.98 Å². The fourth-order valence-electron chi connectivity index (χ4n) is 3.68. The monoisotopic (exact) mass is 432 g/mol. The van der Waals surface area contributed by atoms with Gasteiger partial charge >= 0.3 is 0 Å². The van der Waals surface area contributed by atoms with Crippen LogP contribution in [0.1, 0.15) is 31.0 Å². The van der Waals surface area contributed by atoms with Gasteiger partial charge in [-0.25, -0.2) is 4.39 Å². The number of hydrogen-bond acceptors (Lipinski definition) is 5. The number of aliphatic hydroxyl groups is 1. The van der Waals surface area contributed by atoms with Crippen molar-refractivity contribution in [1.29, 1.82) is 0 Å². The molecule has 0 saturated carbocycles. The first-order valence-corrected chi connectivity index (χ1v) is 10.1. The fourth-order valence-corrected chi connectivity index (χ4v) is 3.68. The molecule has 1 fully saturated rings. The highest BCUT2D eigenvalue weighted by molar-refractivity contribution is 6.51. The molecule has 1 saturated heterocycles. The molecule has 1 amide bonds. The number of aromatic nitrogens is 1. The number of hydrogen-bond donors (Lipinski definition) is 1. The summed E-state index contributed by atoms with van der Waals surface area (Å²) in [6.07, 6.45) is 3.07. The molecule has 1 N–H and O–H groups in total. The van der Waals surface area contributed by atoms with E-state index in [4.69, 9.17) is 4.74 Å². The Labute approximate surface area is 184 Å². The van der Waals surface area contributed by atoms with Crippen molar-refractivity contribution in [3.63, 3.8) is 0 Å². The molecular formula is C25H21FN2O4. The minimum absolute atomic E-state index is 0.0119. The summed E-state index contributed by atoms with van der Waals surface area (Å²) in [6.45, 7) is 3.80. The largest absolute Gasteiger partial charge is 0.507 e. The van der Waals surface area contributed by atoms with Crippen molar-refractivity contribution in [3.05, 3.63) is 95.6 Å². The number of carbonyl (C=O) groups excluding carboxylic acids is 2. The molecule has 1 unspecified atom stereocenters. The molecule has 2 heterocycles. The Morgan fingerprint density at radius 3 is 2.22 bits per heavy atom. The van der Waals surface area contributed by atoms with Gasteiger partial charge in [0.1, 0.15) is 17.3 Å². The lowest BCUT2D eigenvalue weighted by Gasteiger charge is -2.25. The highest BCUT2D eigenvalue weighted by Crippen LogP contribution is 2.42. The highest BCUT2D eigenvalue weighted by Gasteiger charge is 2.46. The maximum absolute atomic E-state index is 13.5. The second kappa shape index (κ2) is 8.63. The maximum atomic E-state index is 13.5. The first-order valence-electron chi connectivity index (χ1n) is 10.1. The quantitative estimate of drug-likeness (QED) is 0.361. The zero-order chi connectivity index (χ0) is 22.8. The molecule has 1 atom stereocenters. The Hall–Kier alpha value is -4.00. The SMILES string of the molecule is CC(C)Oc1ccc(/C(O)=C2/C(=O)C(=O)N(c3ccc(F)cc3)C2c2ccncc2)cc1. The number of ether oxygens (including phenoxy) is 1. The fraction of sp³-hybridized carbons (Fsp3) is 0.160. The Balaban J connectivity index is 1.84. The lowest BCUT2D eigenvalue weighted by molar-refractivity contribution is -0.132. The molecule has 4 rings (SSSR count). The molecule has 6 nitrogen and oxygen atoms in total. The van der Waals surface area contributed by atoms with Gasteiger partial charge in [0, 0.05) is 23.6 Å². The van der Waals surface area contributed by atoms with E-state index in [-0.39, 0.29) is 17.4 Å². The third-order valence-electron chi connectivity index (χ3n) is 5.07. The van der Waals surface area contributed by atoms with Crippen LogP contribution in [-0.4, -0.2) is 27.9 Å². The molecular weight excluding hydrogens is 411 g/mol. The third-order valence-corrected chi connectivity index (χ3v) is 5.07. The molecule has 0 bridgehead atoms. The minimum Gasteiger partial charge on any atom is -0.507 e. The standard InChI is InChI=1S/C25H21FN2O4/c1-15(2)32-20-9-3-17(4-10-20)23(29)21-22(16-11-13-27-14-12-16)28(25(31)24(21)30)19-7-5-18(26)6-8-19/h3-15,22,29H,1-2H3/b23-21-. The van der Waals surface area contributed by atoms with Crippen LogP contribution in [0.25, 0.3) is 5.76 Å². The lowest BCUT2D eigenvalue weighted by Crippen LogP contribution is -2.29. The summed E-state index contributed by atoms with van der Waals surface area (Å²) in [5, 5.41) is 11.1. The van der Waals surface area contributed by atoms with E-state index in [1.165, 1.54) is 41.6 Å². The van der Waals surface area contributed by atoms with Crippen LogP contribution < -0.4 is 9.64 Å². The van der Waals surface area contributed by atoms with Gasteiger partial charge in [-0.15, -0.1) is 0 Å². The molecule has 0 spiro atoms. The van der Waals surface area contributed by atoms with Crippen LogP contribution >= 0.6 is 0 Å². The number of halogens is 1. The summed E-state index contributed by atoms with van der Waals surface area (Å²) in [5.41, 5.74) is 1.25. The molecule has 1 aromatic heterocycles. The van der Waals surface area contributed by atoms with E-state index in [0.29, 0.717) is 22.6 Å². The number of pyridine rings is 1. The smallest absolute Gasteiger partial charge is 0.300 e. The minimum atomic E-state index is -0.893. The van der Waals surface area contributed by atoms with Crippen LogP contribution in [0.2, 0.25) is 0 Å². The van der Waals surface area contributed by atoms with Crippen molar-refractivity contribution >= 4 is 23.1 Å². The summed E-state index contributed by atoms with van der Waals surface area (Å²) >= 11 is 0. The zero-order valence-electron chi connectivity index (χ0n) is 17.5. The second-order valence-electron chi connectivity index (χ2n) is 7.62. The molecule has 1 aliphatic rings. The molecule has 32 heavy (non-hydrogen) atoms. The number of benzene rings is 2. The first kappa shape index (κ1) is 21.2. The van der Waals surface area contributed by atoms with Crippen LogP contribution in [0.4, 0.5) is 10.1 Å². The van der Waals surface area contributed by atoms with Crippen LogP contribution in [0.5, 0.6) is 5.75 Å². The number of carbonyl (C=O) groups is 2. The normalized spacial score (nSPS) is 17.8.